The number of aromatic amines is 1. The summed E-state index contributed by atoms with van der Waals surface area (Å²) in [6.45, 7) is 6.36. The average Bonchev–Trinajstić information content (AvgIpc) is 3.10. The highest BCUT2D eigenvalue weighted by Crippen LogP contribution is 2.22. The van der Waals surface area contributed by atoms with Crippen molar-refractivity contribution in [3.8, 4) is 0 Å². The van der Waals surface area contributed by atoms with Crippen molar-refractivity contribution in [3.63, 3.8) is 0 Å². The van der Waals surface area contributed by atoms with Crippen LogP contribution in [0, 0.1) is 6.92 Å². The Morgan fingerprint density at radius 1 is 1.00 bits per heavy atom. The molecule has 1 aliphatic heterocycles. The topological polar surface area (TPSA) is 151 Å². The van der Waals surface area contributed by atoms with Crippen molar-refractivity contribution in [2.45, 2.75) is 37.0 Å². The molecule has 1 aliphatic rings. The van der Waals surface area contributed by atoms with E-state index in [0.29, 0.717) is 42.0 Å². The molecule has 1 fully saturated rings. The maximum absolute atomic E-state index is 12.9. The highest BCUT2D eigenvalue weighted by atomic mass is 32.2. The number of nitrogens with two attached hydrogens (primary N) is 1. The summed E-state index contributed by atoms with van der Waals surface area (Å²) in [5.74, 6) is -0.229. The van der Waals surface area contributed by atoms with Gasteiger partial charge in [0.15, 0.2) is 11.6 Å². The first-order valence-corrected chi connectivity index (χ1v) is 13.5. The van der Waals surface area contributed by atoms with E-state index in [1.807, 2.05) is 11.8 Å². The lowest BCUT2D eigenvalue weighted by atomic mass is 10.0. The molecular weight excluding hydrogens is 468 g/mol. The Kier molecular flexibility index (Phi) is 7.24. The summed E-state index contributed by atoms with van der Waals surface area (Å²) < 4.78 is 49.9. The van der Waals surface area contributed by atoms with Crippen molar-refractivity contribution in [2.24, 2.45) is 5.14 Å². The predicted molar refractivity (Wildman–Crippen MR) is 122 cm³/mol. The number of primary sulfonamides is 1. The van der Waals surface area contributed by atoms with Gasteiger partial charge in [0.05, 0.1) is 22.0 Å². The predicted octanol–water partition coefficient (Wildman–Crippen LogP) is 0.925. The number of ketones is 2. The first kappa shape index (κ1) is 25.2. The summed E-state index contributed by atoms with van der Waals surface area (Å²) in [6, 6.07) is 4.76. The molecule has 0 unspecified atom stereocenters. The summed E-state index contributed by atoms with van der Waals surface area (Å²) in [7, 11) is -7.72. The van der Waals surface area contributed by atoms with Crippen LogP contribution in [0.2, 0.25) is 0 Å². The van der Waals surface area contributed by atoms with Gasteiger partial charge in [0.25, 0.3) is 0 Å². The lowest BCUT2D eigenvalue weighted by Gasteiger charge is -2.33. The minimum absolute atomic E-state index is 0.0226. The van der Waals surface area contributed by atoms with Gasteiger partial charge >= 0.3 is 0 Å². The van der Waals surface area contributed by atoms with Crippen LogP contribution in [-0.4, -0.2) is 75.3 Å². The average molecular weight is 497 g/mol. The quantitative estimate of drug-likeness (QED) is 0.516. The monoisotopic (exact) mass is 496 g/mol. The Balaban J connectivity index is 1.67. The van der Waals surface area contributed by atoms with Crippen molar-refractivity contribution >= 4 is 31.6 Å². The molecule has 0 aliphatic carbocycles. The molecule has 3 rings (SSSR count). The molecule has 12 heteroatoms. The Morgan fingerprint density at radius 2 is 1.55 bits per heavy atom. The fourth-order valence-electron chi connectivity index (χ4n) is 4.11. The Bertz CT molecular complexity index is 1270. The number of aryl methyl sites for hydroxylation is 1. The lowest BCUT2D eigenvalue weighted by molar-refractivity contribution is 0.0896. The number of piperazine rings is 1. The maximum atomic E-state index is 12.9. The molecule has 0 atom stereocenters. The molecule has 0 bridgehead atoms. The second kappa shape index (κ2) is 9.47. The number of rotatable bonds is 8. The van der Waals surface area contributed by atoms with Gasteiger partial charge in [0.2, 0.25) is 20.0 Å². The minimum Gasteiger partial charge on any atom is -0.355 e. The third kappa shape index (κ3) is 5.25. The lowest BCUT2D eigenvalue weighted by Crippen LogP contribution is -2.49. The van der Waals surface area contributed by atoms with Crippen LogP contribution >= 0.6 is 0 Å². The highest BCUT2D eigenvalue weighted by Gasteiger charge is 2.30. The normalized spacial score (nSPS) is 16.1. The Morgan fingerprint density at radius 3 is 2.03 bits per heavy atom. The fourth-order valence-corrected chi connectivity index (χ4v) is 6.04. The van der Waals surface area contributed by atoms with E-state index in [0.717, 1.165) is 12.1 Å². The van der Waals surface area contributed by atoms with Crippen molar-refractivity contribution in [2.75, 3.05) is 32.7 Å². The molecule has 0 spiro atoms. The summed E-state index contributed by atoms with van der Waals surface area (Å²) >= 11 is 0. The fraction of sp³-hybridized carbons (Fsp3) is 0.429. The van der Waals surface area contributed by atoms with Crippen molar-refractivity contribution in [1.82, 2.24) is 14.2 Å². The molecule has 1 aromatic heterocycles. The number of hydrogen-bond acceptors (Lipinski definition) is 7. The van der Waals surface area contributed by atoms with Crippen molar-refractivity contribution < 1.29 is 26.4 Å². The molecule has 0 radical (unpaired) electrons. The standard InChI is InChI=1S/C21H28N4O6S2/c1-4-18-20(15(3)26)14(2)23-21(18)19(27)13-24-9-11-25(12-10-24)33(30,31)17-7-5-16(6-8-17)32(22,28)29/h5-8,23H,4,9-13H2,1-3H3,(H2,22,28,29). The first-order chi connectivity index (χ1) is 15.4. The number of H-pyrrole nitrogens is 1. The van der Waals surface area contributed by atoms with Gasteiger partial charge in [-0.25, -0.2) is 22.0 Å². The number of carbonyl (C=O) groups is 2. The first-order valence-electron chi connectivity index (χ1n) is 10.5. The van der Waals surface area contributed by atoms with Gasteiger partial charge in [0, 0.05) is 37.4 Å². The third-order valence-corrected chi connectivity index (χ3v) is 8.61. The number of nitrogens with zero attached hydrogens (tertiary/aromatic N) is 2. The van der Waals surface area contributed by atoms with E-state index in [-0.39, 0.29) is 41.0 Å². The smallest absolute Gasteiger partial charge is 0.243 e. The molecule has 1 saturated heterocycles. The maximum Gasteiger partial charge on any atom is 0.243 e. The summed E-state index contributed by atoms with van der Waals surface area (Å²) in [5.41, 5.74) is 2.39. The molecule has 180 valence electrons. The molecule has 1 aromatic carbocycles. The van der Waals surface area contributed by atoms with E-state index >= 15 is 0 Å². The van der Waals surface area contributed by atoms with Gasteiger partial charge in [-0.2, -0.15) is 4.31 Å². The van der Waals surface area contributed by atoms with Crippen LogP contribution in [0.25, 0.3) is 0 Å². The minimum atomic E-state index is -3.91. The van der Waals surface area contributed by atoms with Crippen LogP contribution in [0.3, 0.4) is 0 Å². The van der Waals surface area contributed by atoms with Crippen LogP contribution in [0.15, 0.2) is 34.1 Å². The van der Waals surface area contributed by atoms with Gasteiger partial charge in [-0.3, -0.25) is 14.5 Å². The highest BCUT2D eigenvalue weighted by molar-refractivity contribution is 7.89. The largest absolute Gasteiger partial charge is 0.355 e. The number of carbonyl (C=O) groups excluding carboxylic acids is 2. The molecule has 2 aromatic rings. The zero-order chi connectivity index (χ0) is 24.6. The summed E-state index contributed by atoms with van der Waals surface area (Å²) in [4.78, 5) is 29.6. The zero-order valence-electron chi connectivity index (χ0n) is 18.8. The van der Waals surface area contributed by atoms with E-state index in [1.54, 1.807) is 6.92 Å². The van der Waals surface area contributed by atoms with Crippen molar-refractivity contribution in [1.29, 1.82) is 0 Å². The van der Waals surface area contributed by atoms with E-state index in [1.165, 1.54) is 23.4 Å². The van der Waals surface area contributed by atoms with Gasteiger partial charge in [-0.1, -0.05) is 6.92 Å². The molecule has 33 heavy (non-hydrogen) atoms. The molecule has 0 amide bonds. The molecule has 0 saturated carbocycles. The van der Waals surface area contributed by atoms with Crippen LogP contribution in [0.4, 0.5) is 0 Å². The summed E-state index contributed by atoms with van der Waals surface area (Å²) in [6.07, 6.45) is 0.552. The number of sulfonamides is 2. The second-order valence-electron chi connectivity index (χ2n) is 8.01. The van der Waals surface area contributed by atoms with Gasteiger partial charge in [0.1, 0.15) is 0 Å². The number of Topliss-reactive ketones (excluding diaryl/α,β-unsaturated/α-hetero) is 2. The Hall–Kier alpha value is -2.38. The van der Waals surface area contributed by atoms with E-state index < -0.39 is 20.0 Å². The number of benzene rings is 1. The number of aromatic nitrogens is 1. The van der Waals surface area contributed by atoms with Gasteiger partial charge in [-0.15, -0.1) is 0 Å². The van der Waals surface area contributed by atoms with Gasteiger partial charge in [-0.05, 0) is 50.1 Å². The van der Waals surface area contributed by atoms with Crippen LogP contribution in [0.5, 0.6) is 0 Å². The van der Waals surface area contributed by atoms with Crippen LogP contribution in [-0.2, 0) is 26.5 Å². The zero-order valence-corrected chi connectivity index (χ0v) is 20.4. The number of hydrogen-bond donors (Lipinski definition) is 2. The van der Waals surface area contributed by atoms with Crippen molar-refractivity contribution in [3.05, 3.63) is 46.8 Å². The summed E-state index contributed by atoms with van der Waals surface area (Å²) in [5, 5.41) is 5.06. The Labute approximate surface area is 193 Å². The molecule has 3 N–H and O–H groups in total. The third-order valence-electron chi connectivity index (χ3n) is 5.76. The molecular formula is C21H28N4O6S2. The van der Waals surface area contributed by atoms with Gasteiger partial charge < -0.3 is 4.98 Å². The molecule has 10 nitrogen and oxygen atoms in total. The van der Waals surface area contributed by atoms with Crippen LogP contribution < -0.4 is 5.14 Å². The SMILES string of the molecule is CCc1c(C(=O)CN2CCN(S(=O)(=O)c3ccc(S(N)(=O)=O)cc3)CC2)[nH]c(C)c1C(C)=O. The number of nitrogens with one attached hydrogen (secondary N) is 1. The van der Waals surface area contributed by atoms with E-state index in [9.17, 15) is 26.4 Å². The van der Waals surface area contributed by atoms with E-state index in [4.69, 9.17) is 5.14 Å². The molecule has 2 heterocycles. The second-order valence-corrected chi connectivity index (χ2v) is 11.5. The van der Waals surface area contributed by atoms with Crippen LogP contribution in [0.1, 0.15) is 46.0 Å². The van der Waals surface area contributed by atoms with E-state index in [2.05, 4.69) is 4.98 Å².